The van der Waals surface area contributed by atoms with Gasteiger partial charge in [-0.1, -0.05) is 88.8 Å². The summed E-state index contributed by atoms with van der Waals surface area (Å²) in [6.07, 6.45) is -2.02. The summed E-state index contributed by atoms with van der Waals surface area (Å²) in [4.78, 5) is 295. The summed E-state index contributed by atoms with van der Waals surface area (Å²) in [7, 11) is 1.65. The Balaban J connectivity index is 0.000000857. The van der Waals surface area contributed by atoms with Crippen LogP contribution >= 0.6 is 0 Å². The first-order valence-corrected chi connectivity index (χ1v) is 45.0. The molecule has 2 aliphatic rings. The number of tetrazole rings is 1. The fraction of sp³-hybridized carbons (Fsp3) is 0.472. The number of benzene rings is 3. The number of esters is 1. The van der Waals surface area contributed by atoms with Crippen molar-refractivity contribution in [2.24, 2.45) is 24.4 Å². The number of H-pyrrole nitrogens is 1. The van der Waals surface area contributed by atoms with Gasteiger partial charge in [0, 0.05) is 64.9 Å². The van der Waals surface area contributed by atoms with Crippen LogP contribution in [-0.2, 0) is 114 Å². The van der Waals surface area contributed by atoms with Gasteiger partial charge in [0.15, 0.2) is 5.78 Å². The molecule has 2 fully saturated rings. The number of fused-ring (bicyclic) bond motifs is 1. The fourth-order valence-corrected chi connectivity index (χ4v) is 14.5. The van der Waals surface area contributed by atoms with Gasteiger partial charge in [-0.15, -0.1) is 10.2 Å². The second kappa shape index (κ2) is 55.5. The second-order valence-corrected chi connectivity index (χ2v) is 33.2. The monoisotopic (exact) mass is 1990 g/mol. The number of anilines is 2. The number of carbonyl (C=O) groups excluding carboxylic acids is 17. The van der Waals surface area contributed by atoms with Crippen molar-refractivity contribution in [2.75, 3.05) is 50.0 Å². The highest BCUT2D eigenvalue weighted by Gasteiger charge is 2.42. The van der Waals surface area contributed by atoms with E-state index in [1.165, 1.54) is 46.2 Å². The number of aryl methyl sites for hydroxylation is 1. The van der Waals surface area contributed by atoms with E-state index in [-0.39, 0.29) is 50.2 Å². The normalized spacial score (nSPS) is 20.3. The lowest BCUT2D eigenvalue weighted by Crippen LogP contribution is -2.62. The number of nitrogens with zero attached hydrogens (tertiary/aromatic N) is 6. The molecule has 0 bridgehead atoms. The Morgan fingerprint density at radius 1 is 0.599 bits per heavy atom. The van der Waals surface area contributed by atoms with Crippen molar-refractivity contribution in [3.63, 3.8) is 0 Å². The Labute approximate surface area is 808 Å². The molecular formula is C89H116FN23O29. The van der Waals surface area contributed by atoms with Gasteiger partial charge < -0.3 is 131 Å². The van der Waals surface area contributed by atoms with Gasteiger partial charge in [-0.05, 0) is 98.8 Å². The van der Waals surface area contributed by atoms with Crippen LogP contribution in [0, 0.1) is 11.7 Å². The highest BCUT2D eigenvalue weighted by molar-refractivity contribution is 6.05. The number of amides is 15. The number of primary amides is 1. The Morgan fingerprint density at radius 3 is 1.80 bits per heavy atom. The van der Waals surface area contributed by atoms with Gasteiger partial charge in [-0.25, -0.2) is 14.0 Å². The van der Waals surface area contributed by atoms with Crippen LogP contribution in [-0.4, -0.2) is 303 Å². The number of rotatable bonds is 39. The Bertz CT molecular complexity index is 5570. The number of unbranched alkanes of at least 4 members (excludes halogenated alkanes) is 6. The molecule has 53 heteroatoms. The number of nitrogens with one attached hydrogen (secondary N) is 14. The number of ether oxygens (including phenoxy) is 2. The highest BCUT2D eigenvalue weighted by Crippen LogP contribution is 2.31. The summed E-state index contributed by atoms with van der Waals surface area (Å²) in [5.41, 5.74) is 19.9. The zero-order chi connectivity index (χ0) is 105. The number of nitrogen functional groups attached to an aromatic ring is 1. The van der Waals surface area contributed by atoms with Crippen molar-refractivity contribution in [3.05, 3.63) is 108 Å². The summed E-state index contributed by atoms with van der Waals surface area (Å²) < 4.78 is 25.3. The molecule has 142 heavy (non-hydrogen) atoms. The predicted octanol–water partition coefficient (Wildman–Crippen LogP) is -4.23. The number of carboxylic acids is 4. The maximum absolute atomic E-state index is 14.8. The largest absolute Gasteiger partial charge is 0.481 e. The van der Waals surface area contributed by atoms with Crippen LogP contribution in [0.5, 0.6) is 0 Å². The van der Waals surface area contributed by atoms with Gasteiger partial charge in [-0.3, -0.25) is 101 Å². The summed E-state index contributed by atoms with van der Waals surface area (Å²) in [5, 5.41) is 99.5. The van der Waals surface area contributed by atoms with Crippen LogP contribution in [0.3, 0.4) is 0 Å². The van der Waals surface area contributed by atoms with E-state index in [4.69, 9.17) is 31.8 Å². The number of aromatic nitrogens is 6. The van der Waals surface area contributed by atoms with Crippen molar-refractivity contribution in [1.29, 1.82) is 0 Å². The predicted molar refractivity (Wildman–Crippen MR) is 492 cm³/mol. The van der Waals surface area contributed by atoms with E-state index < -0.39 is 279 Å². The molecule has 2 saturated heterocycles. The van der Waals surface area contributed by atoms with Crippen molar-refractivity contribution in [3.8, 4) is 22.6 Å². The molecule has 6 aromatic rings. The van der Waals surface area contributed by atoms with Crippen LogP contribution in [0.2, 0.25) is 0 Å². The Kier molecular flexibility index (Phi) is 44.1. The number of aliphatic hydroxyl groups is 2. The molecule has 0 unspecified atom stereocenters. The highest BCUT2D eigenvalue weighted by atomic mass is 19.1. The van der Waals surface area contributed by atoms with E-state index >= 15 is 0 Å². The van der Waals surface area contributed by atoms with Crippen molar-refractivity contribution in [1.82, 2.24) is 99.3 Å². The summed E-state index contributed by atoms with van der Waals surface area (Å²) in [6.45, 7) is 1.01. The van der Waals surface area contributed by atoms with Gasteiger partial charge in [0.2, 0.25) is 88.5 Å². The molecular weight excluding hydrogens is 1870 g/mol. The van der Waals surface area contributed by atoms with E-state index in [0.29, 0.717) is 57.6 Å². The van der Waals surface area contributed by atoms with Crippen LogP contribution in [0.4, 0.5) is 20.6 Å². The number of cyclic esters (lactones) is 2. The topological polar surface area (TPSA) is 808 Å². The Morgan fingerprint density at radius 2 is 1.20 bits per heavy atom. The fourth-order valence-electron chi connectivity index (χ4n) is 14.5. The minimum absolute atomic E-state index is 0.0186. The molecule has 0 aliphatic carbocycles. The number of carbonyl (C=O) groups is 21. The number of hydrogen-bond acceptors (Lipinski definition) is 31. The lowest BCUT2D eigenvalue weighted by atomic mass is 9.96. The van der Waals surface area contributed by atoms with Crippen LogP contribution in [0.15, 0.2) is 91.3 Å². The molecule has 2 aliphatic heterocycles. The molecule has 0 radical (unpaired) electrons. The number of aromatic amines is 1. The molecule has 8 rings (SSSR count). The molecule has 3 aromatic carbocycles. The Hall–Kier alpha value is -16.1. The molecule has 15 amide bonds. The number of carboxylic acid groups (broad SMARTS) is 4. The van der Waals surface area contributed by atoms with E-state index in [1.807, 2.05) is 16.0 Å². The van der Waals surface area contributed by atoms with Gasteiger partial charge in [0.05, 0.1) is 77.7 Å². The van der Waals surface area contributed by atoms with E-state index in [0.717, 1.165) is 52.9 Å². The molecule has 5 heterocycles. The standard InChI is InChI=1S/C72H101N17O26.C17H15FN6O3/c1-5-6-7-8-9-10-11-22-53(93)81-44(25-38-31-76-42-20-15-13-17-39(38)42)66(108)84-45(27-52(75)92)67(109)86-48(30-59(102)103)68(110)89-61-37(4)115-72(114)49(26-51(91)40-18-12-14-19-41(40)74)87-71(113)60(35(2)24-56(96)97)88-69(111)50(34-90)82-55(95)32-77-63(105)46(28-57(98)99)83-62(104)36(3)79-65(107)47(29-58(100)101)85-64(106)43(21-16-23-73)80-54(94)33-78-70(61)112;1-23-21-16(20-22-23)15-5-2-10(7-19-15)13-4-3-11(6-14(13)18)24-8-12(9-25)27-17(24)26/h12-15,17-20,31,35-37,43-50,60-61,76,90H,5-11,16,21-30,32-34,73-74H2,1-4H3,(H2,75,92)(H,77,105)(H,78,112)(H,79,107)(H,80,94)(H,81,93)(H,82,95)(H,83,104)(H,84,108)(H,85,106)(H,86,109)(H,87,113)(H,88,111)(H,89,110)(H,96,97)(H,98,99)(H,100,101)(H,102,103);2-7,12,25H,8-9H2,1H3/t35-,36-,37-,43+,44+,45+,46+,47+,48+,49+,50-,60+,61+;12-/m11/s1. The third kappa shape index (κ3) is 35.4. The van der Waals surface area contributed by atoms with Gasteiger partial charge in [0.1, 0.15) is 90.2 Å². The second-order valence-electron chi connectivity index (χ2n) is 33.2. The van der Waals surface area contributed by atoms with Gasteiger partial charge >= 0.3 is 35.9 Å². The lowest BCUT2D eigenvalue weighted by molar-refractivity contribution is -0.156. The number of pyridine rings is 1. The summed E-state index contributed by atoms with van der Waals surface area (Å²) >= 11 is 0. The third-order valence-electron chi connectivity index (χ3n) is 22.0. The van der Waals surface area contributed by atoms with Crippen LogP contribution < -0.4 is 91.2 Å². The average Bonchev–Trinajstić information content (AvgIpc) is 1.57. The van der Waals surface area contributed by atoms with Gasteiger partial charge in [-0.2, -0.15) is 4.80 Å². The number of nitrogens with two attached hydrogens (primary N) is 3. The molecule has 52 nitrogen and oxygen atoms in total. The third-order valence-corrected chi connectivity index (χ3v) is 22.0. The summed E-state index contributed by atoms with van der Waals surface area (Å²) in [5.74, 6) is -29.9. The maximum Gasteiger partial charge on any atom is 0.414 e. The number of ketones is 1. The summed E-state index contributed by atoms with van der Waals surface area (Å²) in [6, 6.07) is -2.69. The quantitative estimate of drug-likeness (QED) is 0.00752. The van der Waals surface area contributed by atoms with E-state index in [1.54, 1.807) is 61.8 Å². The van der Waals surface area contributed by atoms with Crippen molar-refractivity contribution >= 4 is 147 Å². The minimum Gasteiger partial charge on any atom is -0.481 e. The maximum atomic E-state index is 14.8. The molecule has 26 N–H and O–H groups in total. The number of hydrogen-bond donors (Lipinski definition) is 23. The molecule has 0 spiro atoms. The van der Waals surface area contributed by atoms with Crippen molar-refractivity contribution in [2.45, 2.75) is 216 Å². The van der Waals surface area contributed by atoms with Crippen molar-refractivity contribution < 1.29 is 145 Å². The van der Waals surface area contributed by atoms with Crippen LogP contribution in [0.1, 0.15) is 146 Å². The molecule has 0 saturated carbocycles. The number of aliphatic carboxylic acids is 4. The van der Waals surface area contributed by atoms with E-state index in [2.05, 4.69) is 85.5 Å². The zero-order valence-electron chi connectivity index (χ0n) is 77.9. The average molecular weight is 1990 g/mol. The molecule has 3 aromatic heterocycles. The number of para-hydroxylation sites is 2. The smallest absolute Gasteiger partial charge is 0.414 e. The number of Topliss-reactive ketones (excluding diaryl/α,β-unsaturated/α-hetero) is 1. The van der Waals surface area contributed by atoms with Crippen LogP contribution in [0.25, 0.3) is 33.5 Å². The molecule has 768 valence electrons. The first kappa shape index (κ1) is 113. The molecule has 14 atom stereocenters. The SMILES string of the molecule is CCCCCCCCCC(=O)N[C@@H](Cc1c[nH]c2ccccc12)C(=O)N[C@@H](CC(N)=O)C(=O)N[C@@H](CC(=O)O)C(=O)N[C@@H]1C(=O)NCC(=O)N[C@@H](CCCN)C(=O)N[C@@H](CC(=O)O)C(=O)N[C@H](C)C(=O)N[C@@H](CC(=O)O)C(=O)NCC(=O)N[C@H](CO)C(=O)N[C@@H]([C@H](C)CC(=O)O)C(=O)N[C@@H](CC(=O)c2ccccc2N)C(=O)O[C@@H]1C.Cn1nnc(-c2ccc(-c3ccc(N4C[C@H](CO)OC4=O)cc3F)cn2)n1. The van der Waals surface area contributed by atoms with Gasteiger partial charge in [0.25, 0.3) is 0 Å². The first-order chi connectivity index (χ1) is 67.4. The van der Waals surface area contributed by atoms with E-state index in [9.17, 15) is 131 Å². The minimum atomic E-state index is -2.45. The number of aliphatic hydroxyl groups excluding tert-OH is 2. The first-order valence-electron chi connectivity index (χ1n) is 45.0. The number of halogens is 1. The zero-order valence-corrected chi connectivity index (χ0v) is 77.9. The lowest BCUT2D eigenvalue weighted by Gasteiger charge is -2.30.